The standard InChI is InChI=1S/C27H25N3O4/c1-3-33-24-12-10-22(11-13-24)30-27(32)21(17-28)15-20-7-5-9-25(16-20)34-18-26(31)29-23-8-4-6-19(2)14-23/h4-16H,3,18H2,1-2H3,(H,29,31)(H,30,32)/b21-15+. The van der Waals surface area contributed by atoms with Crippen molar-refractivity contribution in [3.05, 3.63) is 89.5 Å². The van der Waals surface area contributed by atoms with E-state index < -0.39 is 5.91 Å². The summed E-state index contributed by atoms with van der Waals surface area (Å²) in [5.74, 6) is 0.313. The predicted molar refractivity (Wildman–Crippen MR) is 132 cm³/mol. The molecule has 0 aromatic heterocycles. The molecule has 0 saturated carbocycles. The second-order valence-electron chi connectivity index (χ2n) is 7.36. The van der Waals surface area contributed by atoms with Gasteiger partial charge < -0.3 is 20.1 Å². The van der Waals surface area contributed by atoms with Gasteiger partial charge in [0.15, 0.2) is 6.61 Å². The second-order valence-corrected chi connectivity index (χ2v) is 7.36. The van der Waals surface area contributed by atoms with Gasteiger partial charge in [0, 0.05) is 11.4 Å². The van der Waals surface area contributed by atoms with Gasteiger partial charge in [0.1, 0.15) is 23.1 Å². The van der Waals surface area contributed by atoms with Crippen LogP contribution in [0, 0.1) is 18.3 Å². The summed E-state index contributed by atoms with van der Waals surface area (Å²) < 4.78 is 11.0. The van der Waals surface area contributed by atoms with E-state index in [9.17, 15) is 14.9 Å². The molecule has 0 aliphatic heterocycles. The van der Waals surface area contributed by atoms with Gasteiger partial charge in [0.25, 0.3) is 11.8 Å². The molecule has 3 rings (SSSR count). The number of hydrogen-bond donors (Lipinski definition) is 2. The van der Waals surface area contributed by atoms with E-state index in [1.165, 1.54) is 6.08 Å². The molecule has 172 valence electrons. The molecular weight excluding hydrogens is 430 g/mol. The Kier molecular flexibility index (Phi) is 8.42. The molecule has 0 saturated heterocycles. The quantitative estimate of drug-likeness (QED) is 0.351. The van der Waals surface area contributed by atoms with Crippen molar-refractivity contribution in [3.8, 4) is 17.6 Å². The van der Waals surface area contributed by atoms with Crippen LogP contribution in [0.15, 0.2) is 78.4 Å². The average Bonchev–Trinajstić information content (AvgIpc) is 2.83. The Hall–Kier alpha value is -4.57. The zero-order valence-corrected chi connectivity index (χ0v) is 19.0. The minimum atomic E-state index is -0.532. The number of nitriles is 1. The van der Waals surface area contributed by atoms with Gasteiger partial charge in [0.05, 0.1) is 6.61 Å². The van der Waals surface area contributed by atoms with E-state index in [0.29, 0.717) is 35.0 Å². The number of hydrogen-bond acceptors (Lipinski definition) is 5. The summed E-state index contributed by atoms with van der Waals surface area (Å²) in [7, 11) is 0. The van der Waals surface area contributed by atoms with Crippen molar-refractivity contribution in [1.82, 2.24) is 0 Å². The van der Waals surface area contributed by atoms with Gasteiger partial charge in [-0.3, -0.25) is 9.59 Å². The van der Waals surface area contributed by atoms with Crippen LogP contribution in [0.5, 0.6) is 11.5 Å². The summed E-state index contributed by atoms with van der Waals surface area (Å²) in [6.45, 7) is 4.21. The van der Waals surface area contributed by atoms with Gasteiger partial charge in [-0.1, -0.05) is 24.3 Å². The highest BCUT2D eigenvalue weighted by Gasteiger charge is 2.10. The van der Waals surface area contributed by atoms with Crippen molar-refractivity contribution in [2.75, 3.05) is 23.8 Å². The molecule has 7 heteroatoms. The first-order chi connectivity index (χ1) is 16.5. The van der Waals surface area contributed by atoms with Gasteiger partial charge in [0.2, 0.25) is 0 Å². The fourth-order valence-electron chi connectivity index (χ4n) is 3.08. The van der Waals surface area contributed by atoms with Crippen molar-refractivity contribution in [3.63, 3.8) is 0 Å². The number of ether oxygens (including phenoxy) is 2. The third-order valence-electron chi connectivity index (χ3n) is 4.63. The first kappa shape index (κ1) is 24.1. The number of nitrogens with zero attached hydrogens (tertiary/aromatic N) is 1. The van der Waals surface area contributed by atoms with E-state index in [1.807, 2.05) is 38.1 Å². The first-order valence-corrected chi connectivity index (χ1v) is 10.7. The van der Waals surface area contributed by atoms with Crippen molar-refractivity contribution >= 4 is 29.3 Å². The molecule has 0 fully saturated rings. The fourth-order valence-corrected chi connectivity index (χ4v) is 3.08. The number of rotatable bonds is 9. The molecule has 7 nitrogen and oxygen atoms in total. The van der Waals surface area contributed by atoms with Gasteiger partial charge >= 0.3 is 0 Å². The van der Waals surface area contributed by atoms with Crippen LogP contribution in [0.3, 0.4) is 0 Å². The Balaban J connectivity index is 1.61. The Morgan fingerprint density at radius 1 is 0.912 bits per heavy atom. The number of nitrogens with one attached hydrogen (secondary N) is 2. The molecule has 3 aromatic carbocycles. The Morgan fingerprint density at radius 2 is 1.68 bits per heavy atom. The summed E-state index contributed by atoms with van der Waals surface area (Å²) in [5.41, 5.74) is 2.81. The van der Waals surface area contributed by atoms with Crippen LogP contribution >= 0.6 is 0 Å². The monoisotopic (exact) mass is 455 g/mol. The van der Waals surface area contributed by atoms with Crippen LogP contribution in [-0.2, 0) is 9.59 Å². The molecule has 0 aliphatic carbocycles. The maximum absolute atomic E-state index is 12.5. The minimum Gasteiger partial charge on any atom is -0.494 e. The number of benzene rings is 3. The number of aryl methyl sites for hydroxylation is 1. The first-order valence-electron chi connectivity index (χ1n) is 10.7. The smallest absolute Gasteiger partial charge is 0.266 e. The highest BCUT2D eigenvalue weighted by Crippen LogP contribution is 2.19. The van der Waals surface area contributed by atoms with Crippen molar-refractivity contribution < 1.29 is 19.1 Å². The molecular formula is C27H25N3O4. The predicted octanol–water partition coefficient (Wildman–Crippen LogP) is 4.96. The van der Waals surface area contributed by atoms with Crippen LogP contribution < -0.4 is 20.1 Å². The Morgan fingerprint density at radius 3 is 2.38 bits per heavy atom. The number of carbonyl (C=O) groups is 2. The lowest BCUT2D eigenvalue weighted by molar-refractivity contribution is -0.118. The van der Waals surface area contributed by atoms with Crippen molar-refractivity contribution in [1.29, 1.82) is 5.26 Å². The SMILES string of the molecule is CCOc1ccc(NC(=O)/C(C#N)=C/c2cccc(OCC(=O)Nc3cccc(C)c3)c2)cc1. The summed E-state index contributed by atoms with van der Waals surface area (Å²) in [6, 6.07) is 23.1. The third-order valence-corrected chi connectivity index (χ3v) is 4.63. The number of carbonyl (C=O) groups excluding carboxylic acids is 2. The van der Waals surface area contributed by atoms with Crippen LogP contribution in [-0.4, -0.2) is 25.0 Å². The molecule has 0 bridgehead atoms. The molecule has 0 spiro atoms. The number of amides is 2. The van der Waals surface area contributed by atoms with E-state index in [2.05, 4.69) is 10.6 Å². The van der Waals surface area contributed by atoms with E-state index >= 15 is 0 Å². The van der Waals surface area contributed by atoms with E-state index in [1.54, 1.807) is 54.6 Å². The summed E-state index contributed by atoms with van der Waals surface area (Å²) in [5, 5.41) is 14.9. The summed E-state index contributed by atoms with van der Waals surface area (Å²) in [6.07, 6.45) is 1.46. The van der Waals surface area contributed by atoms with Gasteiger partial charge in [-0.2, -0.15) is 5.26 Å². The zero-order valence-electron chi connectivity index (χ0n) is 19.0. The zero-order chi connectivity index (χ0) is 24.3. The van der Waals surface area contributed by atoms with Crippen molar-refractivity contribution in [2.24, 2.45) is 0 Å². The van der Waals surface area contributed by atoms with E-state index in [0.717, 1.165) is 5.56 Å². The van der Waals surface area contributed by atoms with Crippen LogP contribution in [0.25, 0.3) is 6.08 Å². The summed E-state index contributed by atoms with van der Waals surface area (Å²) in [4.78, 5) is 24.7. The lowest BCUT2D eigenvalue weighted by Crippen LogP contribution is -2.20. The highest BCUT2D eigenvalue weighted by atomic mass is 16.5. The average molecular weight is 456 g/mol. The van der Waals surface area contributed by atoms with Gasteiger partial charge in [-0.05, 0) is 79.6 Å². The second kappa shape index (κ2) is 11.9. The Labute approximate surface area is 198 Å². The lowest BCUT2D eigenvalue weighted by Gasteiger charge is -2.09. The van der Waals surface area contributed by atoms with Crippen LogP contribution in [0.4, 0.5) is 11.4 Å². The molecule has 34 heavy (non-hydrogen) atoms. The summed E-state index contributed by atoms with van der Waals surface area (Å²) >= 11 is 0. The fraction of sp³-hybridized carbons (Fsp3) is 0.148. The van der Waals surface area contributed by atoms with E-state index in [-0.39, 0.29) is 18.1 Å². The van der Waals surface area contributed by atoms with Gasteiger partial charge in [-0.25, -0.2) is 0 Å². The number of anilines is 2. The van der Waals surface area contributed by atoms with Crippen molar-refractivity contribution in [2.45, 2.75) is 13.8 Å². The normalized spacial score (nSPS) is 10.7. The molecule has 0 unspecified atom stereocenters. The topological polar surface area (TPSA) is 100 Å². The maximum Gasteiger partial charge on any atom is 0.266 e. The molecule has 2 N–H and O–H groups in total. The largest absolute Gasteiger partial charge is 0.494 e. The highest BCUT2D eigenvalue weighted by molar-refractivity contribution is 6.09. The molecule has 0 radical (unpaired) electrons. The Bertz CT molecular complexity index is 1230. The molecule has 3 aromatic rings. The molecule has 0 atom stereocenters. The molecule has 2 amide bonds. The molecule has 0 aliphatic rings. The van der Waals surface area contributed by atoms with Crippen LogP contribution in [0.2, 0.25) is 0 Å². The van der Waals surface area contributed by atoms with E-state index in [4.69, 9.17) is 9.47 Å². The molecule has 0 heterocycles. The van der Waals surface area contributed by atoms with Crippen LogP contribution in [0.1, 0.15) is 18.1 Å². The lowest BCUT2D eigenvalue weighted by atomic mass is 10.1. The van der Waals surface area contributed by atoms with Gasteiger partial charge in [-0.15, -0.1) is 0 Å². The minimum absolute atomic E-state index is 0.0665. The maximum atomic E-state index is 12.5. The third kappa shape index (κ3) is 7.24.